The Kier molecular flexibility index (Phi) is 2.14. The molecule has 1 amide bonds. The smallest absolute Gasteiger partial charge is 0.239 e. The molecule has 0 bridgehead atoms. The fourth-order valence-electron chi connectivity index (χ4n) is 2.78. The Labute approximate surface area is 110 Å². The second-order valence-electron chi connectivity index (χ2n) is 4.77. The number of aliphatic imine (C=N–C) groups is 1. The lowest BCUT2D eigenvalue weighted by Gasteiger charge is -2.29. The third-order valence-corrected chi connectivity index (χ3v) is 4.68. The zero-order valence-corrected chi connectivity index (χ0v) is 10.7. The van der Waals surface area contributed by atoms with E-state index >= 15 is 0 Å². The summed E-state index contributed by atoms with van der Waals surface area (Å²) >= 11 is 1.56. The average molecular weight is 256 g/mol. The Bertz CT molecular complexity index is 618. The van der Waals surface area contributed by atoms with Crippen LogP contribution in [0.25, 0.3) is 5.70 Å². The van der Waals surface area contributed by atoms with Crippen LogP contribution in [-0.2, 0) is 11.2 Å². The van der Waals surface area contributed by atoms with Crippen LogP contribution in [0, 0.1) is 0 Å². The summed E-state index contributed by atoms with van der Waals surface area (Å²) in [6, 6.07) is 8.47. The van der Waals surface area contributed by atoms with E-state index in [1.165, 1.54) is 16.7 Å². The molecule has 3 aliphatic rings. The molecular formula is C14H12N2OS. The first-order chi connectivity index (χ1) is 8.83. The van der Waals surface area contributed by atoms with E-state index in [2.05, 4.69) is 24.3 Å². The van der Waals surface area contributed by atoms with Crippen LogP contribution in [0.3, 0.4) is 0 Å². The quantitative estimate of drug-likeness (QED) is 0.713. The van der Waals surface area contributed by atoms with E-state index in [1.807, 2.05) is 4.90 Å². The van der Waals surface area contributed by atoms with Crippen molar-refractivity contribution in [3.05, 3.63) is 41.0 Å². The lowest BCUT2D eigenvalue weighted by atomic mass is 9.89. The van der Waals surface area contributed by atoms with E-state index in [4.69, 9.17) is 4.99 Å². The largest absolute Gasteiger partial charge is 0.286 e. The van der Waals surface area contributed by atoms with Gasteiger partial charge in [-0.05, 0) is 24.0 Å². The van der Waals surface area contributed by atoms with Gasteiger partial charge in [0, 0.05) is 5.56 Å². The van der Waals surface area contributed by atoms with Crippen molar-refractivity contribution in [2.45, 2.75) is 12.8 Å². The molecule has 0 saturated carbocycles. The SMILES string of the molecule is O=C1CSC2=NC3=C(CCc4ccccc43)CN12. The topological polar surface area (TPSA) is 32.7 Å². The number of thioether (sulfide) groups is 1. The van der Waals surface area contributed by atoms with Crippen molar-refractivity contribution in [3.63, 3.8) is 0 Å². The molecule has 1 aromatic carbocycles. The lowest BCUT2D eigenvalue weighted by Crippen LogP contribution is -2.35. The average Bonchev–Trinajstić information content (AvgIpc) is 2.78. The normalized spacial score (nSPS) is 21.4. The highest BCUT2D eigenvalue weighted by Gasteiger charge is 2.34. The number of benzene rings is 1. The molecule has 4 heteroatoms. The predicted octanol–water partition coefficient (Wildman–Crippen LogP) is 2.29. The molecule has 4 rings (SSSR count). The molecular weight excluding hydrogens is 244 g/mol. The summed E-state index contributed by atoms with van der Waals surface area (Å²) < 4.78 is 0. The minimum absolute atomic E-state index is 0.198. The van der Waals surface area contributed by atoms with Gasteiger partial charge in [-0.15, -0.1) is 0 Å². The Balaban J connectivity index is 1.85. The predicted molar refractivity (Wildman–Crippen MR) is 73.3 cm³/mol. The molecule has 0 unspecified atom stereocenters. The monoisotopic (exact) mass is 256 g/mol. The van der Waals surface area contributed by atoms with Gasteiger partial charge in [0.15, 0.2) is 5.17 Å². The highest BCUT2D eigenvalue weighted by molar-refractivity contribution is 8.15. The first-order valence-electron chi connectivity index (χ1n) is 6.15. The number of hydrogen-bond donors (Lipinski definition) is 0. The van der Waals surface area contributed by atoms with Crippen molar-refractivity contribution < 1.29 is 4.79 Å². The van der Waals surface area contributed by atoms with Crippen LogP contribution >= 0.6 is 11.8 Å². The fourth-order valence-corrected chi connectivity index (χ4v) is 3.67. The third kappa shape index (κ3) is 1.38. The molecule has 0 radical (unpaired) electrons. The summed E-state index contributed by atoms with van der Waals surface area (Å²) in [6.07, 6.45) is 2.09. The van der Waals surface area contributed by atoms with E-state index in [9.17, 15) is 4.79 Å². The Morgan fingerprint density at radius 2 is 2.11 bits per heavy atom. The highest BCUT2D eigenvalue weighted by Crippen LogP contribution is 2.38. The third-order valence-electron chi connectivity index (χ3n) is 3.72. The molecule has 2 aliphatic heterocycles. The molecule has 0 N–H and O–H groups in total. The van der Waals surface area contributed by atoms with E-state index in [0.717, 1.165) is 30.3 Å². The maximum absolute atomic E-state index is 11.7. The Hall–Kier alpha value is -1.55. The van der Waals surface area contributed by atoms with Crippen molar-refractivity contribution in [2.24, 2.45) is 4.99 Å². The van der Waals surface area contributed by atoms with Crippen molar-refractivity contribution in [1.29, 1.82) is 0 Å². The zero-order valence-electron chi connectivity index (χ0n) is 9.85. The van der Waals surface area contributed by atoms with Gasteiger partial charge < -0.3 is 0 Å². The molecule has 1 fully saturated rings. The second-order valence-corrected chi connectivity index (χ2v) is 5.71. The van der Waals surface area contributed by atoms with E-state index in [1.54, 1.807) is 11.8 Å². The van der Waals surface area contributed by atoms with Gasteiger partial charge in [-0.25, -0.2) is 4.99 Å². The molecule has 1 aromatic rings. The van der Waals surface area contributed by atoms with Crippen LogP contribution in [-0.4, -0.2) is 28.3 Å². The lowest BCUT2D eigenvalue weighted by molar-refractivity contribution is -0.123. The molecule has 0 spiro atoms. The molecule has 1 aliphatic carbocycles. The molecule has 90 valence electrons. The van der Waals surface area contributed by atoms with Gasteiger partial charge in [0.2, 0.25) is 5.91 Å². The Morgan fingerprint density at radius 1 is 1.22 bits per heavy atom. The number of fused-ring (bicyclic) bond motifs is 3. The van der Waals surface area contributed by atoms with Crippen LogP contribution < -0.4 is 0 Å². The number of rotatable bonds is 0. The van der Waals surface area contributed by atoms with E-state index in [-0.39, 0.29) is 5.91 Å². The summed E-state index contributed by atoms with van der Waals surface area (Å²) in [5.41, 5.74) is 5.06. The van der Waals surface area contributed by atoms with Gasteiger partial charge >= 0.3 is 0 Å². The second kappa shape index (κ2) is 3.72. The number of amides is 1. The maximum Gasteiger partial charge on any atom is 0.239 e. The molecule has 0 aromatic heterocycles. The fraction of sp³-hybridized carbons (Fsp3) is 0.286. The van der Waals surface area contributed by atoms with Crippen molar-refractivity contribution in [2.75, 3.05) is 12.3 Å². The molecule has 3 nitrogen and oxygen atoms in total. The standard InChI is InChI=1S/C14H12N2OS/c17-12-8-18-14-15-13-10(7-16(12)14)6-5-9-3-1-2-4-11(9)13/h1-4H,5-8H2. The van der Waals surface area contributed by atoms with Gasteiger partial charge in [0.25, 0.3) is 0 Å². The summed E-state index contributed by atoms with van der Waals surface area (Å²) in [7, 11) is 0. The number of amidine groups is 1. The summed E-state index contributed by atoms with van der Waals surface area (Å²) in [4.78, 5) is 18.3. The van der Waals surface area contributed by atoms with Gasteiger partial charge in [-0.2, -0.15) is 0 Å². The first-order valence-corrected chi connectivity index (χ1v) is 7.13. The van der Waals surface area contributed by atoms with Crippen molar-refractivity contribution in [1.82, 2.24) is 4.90 Å². The van der Waals surface area contributed by atoms with Gasteiger partial charge in [-0.1, -0.05) is 36.0 Å². The minimum atomic E-state index is 0.198. The molecule has 18 heavy (non-hydrogen) atoms. The van der Waals surface area contributed by atoms with E-state index < -0.39 is 0 Å². The van der Waals surface area contributed by atoms with Crippen LogP contribution in [0.5, 0.6) is 0 Å². The van der Waals surface area contributed by atoms with Crippen LogP contribution in [0.4, 0.5) is 0 Å². The number of carbonyl (C=O) groups is 1. The maximum atomic E-state index is 11.7. The number of carbonyl (C=O) groups excluding carboxylic acids is 1. The van der Waals surface area contributed by atoms with Crippen molar-refractivity contribution >= 4 is 28.5 Å². The highest BCUT2D eigenvalue weighted by atomic mass is 32.2. The van der Waals surface area contributed by atoms with Crippen molar-refractivity contribution in [3.8, 4) is 0 Å². The zero-order chi connectivity index (χ0) is 12.1. The Morgan fingerprint density at radius 3 is 3.06 bits per heavy atom. The molecule has 0 atom stereocenters. The van der Waals surface area contributed by atoms with Crippen LogP contribution in [0.2, 0.25) is 0 Å². The summed E-state index contributed by atoms with van der Waals surface area (Å²) in [6.45, 7) is 0.744. The van der Waals surface area contributed by atoms with E-state index in [0.29, 0.717) is 5.75 Å². The molecule has 2 heterocycles. The number of nitrogens with zero attached hydrogens (tertiary/aromatic N) is 2. The molecule has 1 saturated heterocycles. The van der Waals surface area contributed by atoms with Crippen LogP contribution in [0.15, 0.2) is 34.8 Å². The summed E-state index contributed by atoms with van der Waals surface area (Å²) in [5.74, 6) is 0.741. The van der Waals surface area contributed by atoms with Gasteiger partial charge in [0.1, 0.15) is 0 Å². The first kappa shape index (κ1) is 10.4. The van der Waals surface area contributed by atoms with Gasteiger partial charge in [0.05, 0.1) is 18.0 Å². The van der Waals surface area contributed by atoms with Gasteiger partial charge in [-0.3, -0.25) is 9.69 Å². The minimum Gasteiger partial charge on any atom is -0.286 e. The summed E-state index contributed by atoms with van der Waals surface area (Å²) in [5, 5.41) is 0.885. The van der Waals surface area contributed by atoms with Crippen LogP contribution in [0.1, 0.15) is 17.5 Å². The number of aryl methyl sites for hydroxylation is 1. The number of hydrogen-bond acceptors (Lipinski definition) is 3.